The normalized spacial score (nSPS) is 18.1. The summed E-state index contributed by atoms with van der Waals surface area (Å²) in [6, 6.07) is 3.57. The number of rotatable bonds is 5. The summed E-state index contributed by atoms with van der Waals surface area (Å²) < 4.78 is 10.6. The van der Waals surface area contributed by atoms with Gasteiger partial charge in [0.15, 0.2) is 0 Å². The van der Waals surface area contributed by atoms with Gasteiger partial charge in [0, 0.05) is 32.7 Å². The minimum atomic E-state index is -0.0804. The number of carbonyl (C=O) groups excluding carboxylic acids is 1. The summed E-state index contributed by atoms with van der Waals surface area (Å²) in [5.41, 5.74) is 0.850. The van der Waals surface area contributed by atoms with E-state index >= 15 is 0 Å². The van der Waals surface area contributed by atoms with Gasteiger partial charge in [-0.3, -0.25) is 0 Å². The van der Waals surface area contributed by atoms with Crippen LogP contribution in [-0.4, -0.2) is 60.6 Å². The number of aryl methyl sites for hydroxylation is 1. The zero-order valence-corrected chi connectivity index (χ0v) is 11.8. The van der Waals surface area contributed by atoms with Crippen molar-refractivity contribution in [3.05, 3.63) is 17.8 Å². The van der Waals surface area contributed by atoms with Gasteiger partial charge < -0.3 is 19.7 Å². The molecule has 2 heterocycles. The van der Waals surface area contributed by atoms with E-state index in [0.717, 1.165) is 12.1 Å². The predicted octanol–water partition coefficient (Wildman–Crippen LogP) is 0.594. The molecule has 1 N–H and O–H groups in total. The van der Waals surface area contributed by atoms with Gasteiger partial charge in [0.25, 0.3) is 0 Å². The summed E-state index contributed by atoms with van der Waals surface area (Å²) >= 11 is 0. The monoisotopic (exact) mass is 280 g/mol. The van der Waals surface area contributed by atoms with Crippen molar-refractivity contribution in [1.29, 1.82) is 0 Å². The van der Waals surface area contributed by atoms with Crippen LogP contribution in [0.3, 0.4) is 0 Å². The second-order valence-electron chi connectivity index (χ2n) is 4.71. The van der Waals surface area contributed by atoms with Gasteiger partial charge in [0.1, 0.15) is 6.10 Å². The van der Waals surface area contributed by atoms with Gasteiger partial charge in [-0.2, -0.15) is 5.10 Å². The van der Waals surface area contributed by atoms with E-state index < -0.39 is 0 Å². The highest BCUT2D eigenvalue weighted by Crippen LogP contribution is 2.16. The molecule has 0 spiro atoms. The molecule has 1 aromatic rings. The Labute approximate surface area is 118 Å². The zero-order chi connectivity index (χ0) is 14.4. The van der Waals surface area contributed by atoms with Gasteiger partial charge in [-0.15, -0.1) is 5.10 Å². The number of urea groups is 1. The van der Waals surface area contributed by atoms with Gasteiger partial charge in [0.05, 0.1) is 18.8 Å². The number of ether oxygens (including phenoxy) is 2. The van der Waals surface area contributed by atoms with Crippen molar-refractivity contribution in [1.82, 2.24) is 20.4 Å². The Morgan fingerprint density at radius 2 is 2.35 bits per heavy atom. The van der Waals surface area contributed by atoms with Crippen LogP contribution in [0.1, 0.15) is 12.1 Å². The Hall–Kier alpha value is -1.89. The highest BCUT2D eigenvalue weighted by Gasteiger charge is 2.27. The Morgan fingerprint density at radius 1 is 1.50 bits per heavy atom. The van der Waals surface area contributed by atoms with Crippen molar-refractivity contribution in [2.45, 2.75) is 19.4 Å². The van der Waals surface area contributed by atoms with Gasteiger partial charge in [-0.1, -0.05) is 0 Å². The molecule has 0 aliphatic carbocycles. The number of methoxy groups -OCH3 is 1. The number of nitrogens with one attached hydrogen (secondary N) is 1. The molecular weight excluding hydrogens is 260 g/mol. The maximum Gasteiger partial charge on any atom is 0.317 e. The van der Waals surface area contributed by atoms with Gasteiger partial charge in [-0.05, 0) is 13.0 Å². The topological polar surface area (TPSA) is 76.6 Å². The molecule has 20 heavy (non-hydrogen) atoms. The third-order valence-corrected chi connectivity index (χ3v) is 3.08. The SMILES string of the molecule is COCCNC(=O)N1CCC(Oc2ccc(C)nn2)C1. The molecule has 7 nitrogen and oxygen atoms in total. The van der Waals surface area contributed by atoms with Crippen LogP contribution in [0.5, 0.6) is 5.88 Å². The summed E-state index contributed by atoms with van der Waals surface area (Å²) in [5, 5.41) is 10.7. The first-order chi connectivity index (χ1) is 9.69. The molecule has 0 bridgehead atoms. The van der Waals surface area contributed by atoms with Gasteiger partial charge >= 0.3 is 6.03 Å². The summed E-state index contributed by atoms with van der Waals surface area (Å²) in [7, 11) is 1.61. The minimum absolute atomic E-state index is 0.0276. The zero-order valence-electron chi connectivity index (χ0n) is 11.8. The quantitative estimate of drug-likeness (QED) is 0.799. The number of likely N-dealkylation sites (tertiary alicyclic amines) is 1. The number of hydrogen-bond acceptors (Lipinski definition) is 5. The lowest BCUT2D eigenvalue weighted by molar-refractivity contribution is 0.173. The van der Waals surface area contributed by atoms with E-state index in [1.165, 1.54) is 0 Å². The first kappa shape index (κ1) is 14.5. The molecule has 2 amide bonds. The molecule has 110 valence electrons. The molecule has 0 aromatic carbocycles. The molecule has 1 fully saturated rings. The van der Waals surface area contributed by atoms with Crippen molar-refractivity contribution in [2.75, 3.05) is 33.4 Å². The van der Waals surface area contributed by atoms with E-state index in [0.29, 0.717) is 32.1 Å². The number of amides is 2. The maximum absolute atomic E-state index is 11.8. The largest absolute Gasteiger partial charge is 0.471 e. The van der Waals surface area contributed by atoms with Crippen molar-refractivity contribution < 1.29 is 14.3 Å². The second kappa shape index (κ2) is 7.04. The van der Waals surface area contributed by atoms with Crippen LogP contribution in [0.2, 0.25) is 0 Å². The van der Waals surface area contributed by atoms with Crippen molar-refractivity contribution in [3.8, 4) is 5.88 Å². The smallest absolute Gasteiger partial charge is 0.317 e. The van der Waals surface area contributed by atoms with Crippen LogP contribution in [0, 0.1) is 6.92 Å². The summed E-state index contributed by atoms with van der Waals surface area (Å²) in [5.74, 6) is 0.502. The van der Waals surface area contributed by atoms with Crippen LogP contribution in [0.25, 0.3) is 0 Å². The average Bonchev–Trinajstić information content (AvgIpc) is 2.90. The van der Waals surface area contributed by atoms with Gasteiger partial charge in [-0.25, -0.2) is 4.79 Å². The Morgan fingerprint density at radius 3 is 3.05 bits per heavy atom. The highest BCUT2D eigenvalue weighted by atomic mass is 16.5. The number of nitrogens with zero attached hydrogens (tertiary/aromatic N) is 3. The molecule has 0 saturated carbocycles. The molecule has 0 radical (unpaired) electrons. The highest BCUT2D eigenvalue weighted by molar-refractivity contribution is 5.74. The maximum atomic E-state index is 11.8. The van der Waals surface area contributed by atoms with Crippen molar-refractivity contribution >= 4 is 6.03 Å². The molecule has 2 rings (SSSR count). The van der Waals surface area contributed by atoms with Crippen molar-refractivity contribution in [2.24, 2.45) is 0 Å². The lowest BCUT2D eigenvalue weighted by Crippen LogP contribution is -2.40. The van der Waals surface area contributed by atoms with Crippen LogP contribution in [0.4, 0.5) is 4.79 Å². The summed E-state index contributed by atoms with van der Waals surface area (Å²) in [6.45, 7) is 4.15. The second-order valence-corrected chi connectivity index (χ2v) is 4.71. The molecule has 1 aliphatic heterocycles. The van der Waals surface area contributed by atoms with E-state index in [1.54, 1.807) is 18.1 Å². The Balaban J connectivity index is 1.77. The molecule has 1 saturated heterocycles. The molecule has 1 aromatic heterocycles. The number of aromatic nitrogens is 2. The average molecular weight is 280 g/mol. The first-order valence-corrected chi connectivity index (χ1v) is 6.67. The Kier molecular flexibility index (Phi) is 5.11. The molecular formula is C13H20N4O3. The molecule has 1 atom stereocenters. The summed E-state index contributed by atoms with van der Waals surface area (Å²) in [4.78, 5) is 13.6. The van der Waals surface area contributed by atoms with Crippen molar-refractivity contribution in [3.63, 3.8) is 0 Å². The van der Waals surface area contributed by atoms with E-state index in [1.807, 2.05) is 13.0 Å². The molecule has 1 unspecified atom stereocenters. The van der Waals surface area contributed by atoms with E-state index in [4.69, 9.17) is 9.47 Å². The van der Waals surface area contributed by atoms with E-state index in [-0.39, 0.29) is 12.1 Å². The fourth-order valence-corrected chi connectivity index (χ4v) is 2.00. The van der Waals surface area contributed by atoms with E-state index in [9.17, 15) is 4.79 Å². The van der Waals surface area contributed by atoms with Crippen LogP contribution >= 0.6 is 0 Å². The lowest BCUT2D eigenvalue weighted by Gasteiger charge is -2.17. The number of carbonyl (C=O) groups is 1. The predicted molar refractivity (Wildman–Crippen MR) is 72.6 cm³/mol. The fraction of sp³-hybridized carbons (Fsp3) is 0.615. The van der Waals surface area contributed by atoms with Crippen LogP contribution in [0.15, 0.2) is 12.1 Å². The lowest BCUT2D eigenvalue weighted by atomic mass is 10.3. The third kappa shape index (κ3) is 4.06. The fourth-order valence-electron chi connectivity index (χ4n) is 2.00. The Bertz CT molecular complexity index is 438. The van der Waals surface area contributed by atoms with Gasteiger partial charge in [0.2, 0.25) is 5.88 Å². The summed E-state index contributed by atoms with van der Waals surface area (Å²) in [6.07, 6.45) is 0.771. The molecule has 7 heteroatoms. The number of hydrogen-bond donors (Lipinski definition) is 1. The minimum Gasteiger partial charge on any atom is -0.471 e. The third-order valence-electron chi connectivity index (χ3n) is 3.08. The van der Waals surface area contributed by atoms with Crippen LogP contribution < -0.4 is 10.1 Å². The van der Waals surface area contributed by atoms with Crippen LogP contribution in [-0.2, 0) is 4.74 Å². The first-order valence-electron chi connectivity index (χ1n) is 6.67. The molecule has 1 aliphatic rings. The standard InChI is InChI=1S/C13H20N4O3/c1-10-3-4-12(16-15-10)20-11-5-7-17(9-11)13(18)14-6-8-19-2/h3-4,11H,5-9H2,1-2H3,(H,14,18). The van der Waals surface area contributed by atoms with E-state index in [2.05, 4.69) is 15.5 Å².